The van der Waals surface area contributed by atoms with Crippen molar-refractivity contribution in [1.82, 2.24) is 0 Å². The Balaban J connectivity index is 2.75. The molecule has 0 aromatic rings. The zero-order valence-electron chi connectivity index (χ0n) is 6.98. The van der Waals surface area contributed by atoms with Crippen molar-refractivity contribution < 1.29 is 34.8 Å². The minimum absolute atomic E-state index is 1.15. The van der Waals surface area contributed by atoms with Gasteiger partial charge in [-0.05, 0) is 0 Å². The summed E-state index contributed by atoms with van der Waals surface area (Å²) in [4.78, 5) is 14.6. The zero-order chi connectivity index (χ0) is 10.9. The highest BCUT2D eigenvalue weighted by Crippen LogP contribution is 2.20. The second-order valence-corrected chi connectivity index (χ2v) is 2.86. The van der Waals surface area contributed by atoms with Crippen molar-refractivity contribution in [3.8, 4) is 0 Å². The summed E-state index contributed by atoms with van der Waals surface area (Å²) in [5.74, 6) is 3.37. The lowest BCUT2D eigenvalue weighted by molar-refractivity contribution is -0.281. The van der Waals surface area contributed by atoms with Crippen LogP contribution in [0, 0.1) is 0 Å². The van der Waals surface area contributed by atoms with Gasteiger partial charge in [0.1, 0.15) is 18.3 Å². The van der Waals surface area contributed by atoms with Crippen LogP contribution in [0.5, 0.6) is 0 Å². The minimum atomic E-state index is -1.78. The van der Waals surface area contributed by atoms with Crippen molar-refractivity contribution in [1.29, 1.82) is 0 Å². The molecule has 1 aliphatic heterocycles. The van der Waals surface area contributed by atoms with Gasteiger partial charge in [0.2, 0.25) is 0 Å². The van der Waals surface area contributed by atoms with Crippen molar-refractivity contribution in [2.24, 2.45) is 5.90 Å². The average molecular weight is 209 g/mol. The maximum Gasteiger partial charge on any atom is 0.356 e. The molecular weight excluding hydrogens is 198 g/mol. The van der Waals surface area contributed by atoms with Crippen LogP contribution in [0.2, 0.25) is 0 Å². The molecule has 8 heteroatoms. The van der Waals surface area contributed by atoms with Gasteiger partial charge in [-0.2, -0.15) is 5.90 Å². The van der Waals surface area contributed by atoms with Gasteiger partial charge in [-0.1, -0.05) is 0 Å². The van der Waals surface area contributed by atoms with Crippen LogP contribution in [0.4, 0.5) is 0 Å². The topological polar surface area (TPSA) is 142 Å². The number of aliphatic hydroxyl groups excluding tert-OH is 4. The van der Waals surface area contributed by atoms with Crippen molar-refractivity contribution in [2.75, 3.05) is 0 Å². The Morgan fingerprint density at radius 1 is 1.14 bits per heavy atom. The standard InChI is InChI=1S/C6H11NO7/c7-14-6(12)4-2(9)1(8)3(10)5(11)13-4/h1-5,8-11H,7H2/t1-,2-,3+,4-,5-/m0/s1. The van der Waals surface area contributed by atoms with Crippen LogP contribution in [-0.4, -0.2) is 57.1 Å². The average Bonchev–Trinajstić information content (AvgIpc) is 2.19. The smallest absolute Gasteiger partial charge is 0.356 e. The van der Waals surface area contributed by atoms with Crippen LogP contribution in [0.15, 0.2) is 0 Å². The van der Waals surface area contributed by atoms with Gasteiger partial charge in [0.05, 0.1) is 0 Å². The molecule has 0 saturated carbocycles. The molecule has 1 saturated heterocycles. The van der Waals surface area contributed by atoms with Crippen LogP contribution in [0.3, 0.4) is 0 Å². The SMILES string of the molecule is NOC(=O)[C@H]1O[C@H](O)[C@H](O)[C@@H](O)[C@@H]1O. The van der Waals surface area contributed by atoms with Gasteiger partial charge in [-0.3, -0.25) is 0 Å². The van der Waals surface area contributed by atoms with E-state index in [9.17, 15) is 9.90 Å². The van der Waals surface area contributed by atoms with Crippen LogP contribution in [-0.2, 0) is 14.4 Å². The van der Waals surface area contributed by atoms with E-state index in [1.54, 1.807) is 0 Å². The van der Waals surface area contributed by atoms with E-state index in [1.807, 2.05) is 0 Å². The summed E-state index contributed by atoms with van der Waals surface area (Å²) in [6.07, 6.45) is -8.50. The molecule has 8 nitrogen and oxygen atoms in total. The molecule has 1 heterocycles. The number of carbonyl (C=O) groups excluding carboxylic acids is 1. The monoisotopic (exact) mass is 209 g/mol. The Bertz CT molecular complexity index is 222. The Morgan fingerprint density at radius 2 is 1.71 bits per heavy atom. The molecule has 0 spiro atoms. The number of nitrogens with two attached hydrogens (primary N) is 1. The maximum atomic E-state index is 10.8. The van der Waals surface area contributed by atoms with Crippen LogP contribution in [0.25, 0.3) is 0 Å². The van der Waals surface area contributed by atoms with E-state index in [0.29, 0.717) is 0 Å². The first-order chi connectivity index (χ1) is 6.49. The lowest BCUT2D eigenvalue weighted by Crippen LogP contribution is -2.60. The predicted molar refractivity (Wildman–Crippen MR) is 39.2 cm³/mol. The number of hydrogen-bond donors (Lipinski definition) is 5. The Labute approximate surface area is 78.4 Å². The second-order valence-electron chi connectivity index (χ2n) is 2.86. The maximum absolute atomic E-state index is 10.8. The summed E-state index contributed by atoms with van der Waals surface area (Å²) in [6, 6.07) is 0. The second kappa shape index (κ2) is 4.17. The number of rotatable bonds is 1. The van der Waals surface area contributed by atoms with Gasteiger partial charge in [0.15, 0.2) is 12.4 Å². The highest BCUT2D eigenvalue weighted by Gasteiger charge is 2.46. The third-order valence-electron chi connectivity index (χ3n) is 1.94. The lowest BCUT2D eigenvalue weighted by atomic mass is 9.99. The first kappa shape index (κ1) is 11.3. The molecule has 1 rings (SSSR count). The first-order valence-corrected chi connectivity index (χ1v) is 3.77. The normalized spacial score (nSPS) is 43.4. The van der Waals surface area contributed by atoms with Gasteiger partial charge >= 0.3 is 5.97 Å². The van der Waals surface area contributed by atoms with Crippen LogP contribution >= 0.6 is 0 Å². The van der Waals surface area contributed by atoms with E-state index in [1.165, 1.54) is 0 Å². The molecule has 1 fully saturated rings. The zero-order valence-corrected chi connectivity index (χ0v) is 6.98. The van der Waals surface area contributed by atoms with Gasteiger partial charge in [-0.15, -0.1) is 0 Å². The fraction of sp³-hybridized carbons (Fsp3) is 0.833. The molecule has 0 unspecified atom stereocenters. The van der Waals surface area contributed by atoms with E-state index in [2.05, 4.69) is 15.5 Å². The number of ether oxygens (including phenoxy) is 1. The molecule has 5 atom stereocenters. The van der Waals surface area contributed by atoms with Crippen molar-refractivity contribution in [3.63, 3.8) is 0 Å². The largest absolute Gasteiger partial charge is 0.387 e. The molecule has 14 heavy (non-hydrogen) atoms. The third kappa shape index (κ3) is 1.85. The van der Waals surface area contributed by atoms with Gasteiger partial charge < -0.3 is 30.0 Å². The minimum Gasteiger partial charge on any atom is -0.387 e. The Hall–Kier alpha value is -0.770. The molecule has 1 aliphatic rings. The molecule has 0 aliphatic carbocycles. The van der Waals surface area contributed by atoms with E-state index in [4.69, 9.17) is 15.3 Å². The fourth-order valence-electron chi connectivity index (χ4n) is 1.12. The summed E-state index contributed by atoms with van der Waals surface area (Å²) in [6.45, 7) is 0. The first-order valence-electron chi connectivity index (χ1n) is 3.77. The van der Waals surface area contributed by atoms with Crippen LogP contribution < -0.4 is 5.90 Å². The Morgan fingerprint density at radius 3 is 2.21 bits per heavy atom. The molecule has 82 valence electrons. The molecule has 0 bridgehead atoms. The van der Waals surface area contributed by atoms with E-state index < -0.39 is 36.7 Å². The summed E-state index contributed by atoms with van der Waals surface area (Å²) >= 11 is 0. The van der Waals surface area contributed by atoms with Crippen molar-refractivity contribution >= 4 is 5.97 Å². The van der Waals surface area contributed by atoms with E-state index in [0.717, 1.165) is 0 Å². The molecule has 0 aromatic carbocycles. The van der Waals surface area contributed by atoms with Gasteiger partial charge in [-0.25, -0.2) is 4.79 Å². The third-order valence-corrected chi connectivity index (χ3v) is 1.94. The van der Waals surface area contributed by atoms with Gasteiger partial charge in [0, 0.05) is 0 Å². The fourth-order valence-corrected chi connectivity index (χ4v) is 1.12. The number of carbonyl (C=O) groups is 1. The highest BCUT2D eigenvalue weighted by atomic mass is 16.7. The highest BCUT2D eigenvalue weighted by molar-refractivity contribution is 5.75. The van der Waals surface area contributed by atoms with Crippen LogP contribution in [0.1, 0.15) is 0 Å². The molecular formula is C6H11NO7. The van der Waals surface area contributed by atoms with Crippen molar-refractivity contribution in [2.45, 2.75) is 30.7 Å². The van der Waals surface area contributed by atoms with E-state index in [-0.39, 0.29) is 0 Å². The molecule has 6 N–H and O–H groups in total. The summed E-state index contributed by atoms with van der Waals surface area (Å²) in [7, 11) is 0. The quantitative estimate of drug-likeness (QED) is 0.277. The van der Waals surface area contributed by atoms with Gasteiger partial charge in [0.25, 0.3) is 0 Å². The Kier molecular flexibility index (Phi) is 3.37. The number of aliphatic hydroxyl groups is 4. The summed E-state index contributed by atoms with van der Waals surface area (Å²) < 4.78 is 4.47. The van der Waals surface area contributed by atoms with Crippen molar-refractivity contribution in [3.05, 3.63) is 0 Å². The summed E-state index contributed by atoms with van der Waals surface area (Å²) in [5, 5.41) is 36.4. The molecule has 0 amide bonds. The number of hydrogen-bond acceptors (Lipinski definition) is 8. The molecule has 0 aromatic heterocycles. The van der Waals surface area contributed by atoms with E-state index >= 15 is 0 Å². The summed E-state index contributed by atoms with van der Waals surface area (Å²) in [5.41, 5.74) is 0. The lowest BCUT2D eigenvalue weighted by Gasteiger charge is -2.36. The predicted octanol–water partition coefficient (Wildman–Crippen LogP) is -3.80. The molecule has 0 radical (unpaired) electrons.